The SMILES string of the molecule is CC1CC1C(=O)OCC(=O)c1ccc[nH]1. The number of ketones is 1. The number of Topliss-reactive ketones (excluding diaryl/α,β-unsaturated/α-hetero) is 1. The summed E-state index contributed by atoms with van der Waals surface area (Å²) in [6.45, 7) is 1.83. The molecule has 0 saturated heterocycles. The molecule has 4 nitrogen and oxygen atoms in total. The van der Waals surface area contributed by atoms with Crippen molar-refractivity contribution < 1.29 is 14.3 Å². The van der Waals surface area contributed by atoms with E-state index in [4.69, 9.17) is 4.74 Å². The van der Waals surface area contributed by atoms with Crippen LogP contribution in [0.4, 0.5) is 0 Å². The van der Waals surface area contributed by atoms with Gasteiger partial charge < -0.3 is 9.72 Å². The molecule has 0 aromatic carbocycles. The first-order valence-electron chi connectivity index (χ1n) is 5.01. The van der Waals surface area contributed by atoms with Crippen LogP contribution in [0.1, 0.15) is 23.8 Å². The molecular formula is C11H13NO3. The van der Waals surface area contributed by atoms with Crippen molar-refractivity contribution in [2.75, 3.05) is 6.61 Å². The van der Waals surface area contributed by atoms with Crippen molar-refractivity contribution in [3.05, 3.63) is 24.0 Å². The smallest absolute Gasteiger partial charge is 0.309 e. The second-order valence-corrected chi connectivity index (χ2v) is 3.93. The van der Waals surface area contributed by atoms with Gasteiger partial charge in [0.25, 0.3) is 0 Å². The monoisotopic (exact) mass is 207 g/mol. The predicted molar refractivity (Wildman–Crippen MR) is 53.4 cm³/mol. The highest BCUT2D eigenvalue weighted by Crippen LogP contribution is 2.38. The molecule has 0 spiro atoms. The van der Waals surface area contributed by atoms with E-state index in [9.17, 15) is 9.59 Å². The molecule has 1 fully saturated rings. The fraction of sp³-hybridized carbons (Fsp3) is 0.455. The van der Waals surface area contributed by atoms with Gasteiger partial charge in [-0.25, -0.2) is 0 Å². The number of carbonyl (C=O) groups excluding carboxylic acids is 2. The molecule has 0 amide bonds. The largest absolute Gasteiger partial charge is 0.457 e. The summed E-state index contributed by atoms with van der Waals surface area (Å²) in [4.78, 5) is 25.5. The van der Waals surface area contributed by atoms with Crippen LogP contribution in [-0.2, 0) is 9.53 Å². The summed E-state index contributed by atoms with van der Waals surface area (Å²) < 4.78 is 4.91. The average Bonchev–Trinajstić information content (AvgIpc) is 2.75. The first-order chi connectivity index (χ1) is 7.18. The zero-order chi connectivity index (χ0) is 10.8. The van der Waals surface area contributed by atoms with Gasteiger partial charge in [-0.2, -0.15) is 0 Å². The van der Waals surface area contributed by atoms with Crippen LogP contribution in [0, 0.1) is 11.8 Å². The number of rotatable bonds is 4. The second kappa shape index (κ2) is 3.88. The zero-order valence-electron chi connectivity index (χ0n) is 8.53. The van der Waals surface area contributed by atoms with Crippen LogP contribution in [0.25, 0.3) is 0 Å². The minimum atomic E-state index is -0.248. The van der Waals surface area contributed by atoms with Gasteiger partial charge in [-0.05, 0) is 24.5 Å². The molecule has 2 atom stereocenters. The lowest BCUT2D eigenvalue weighted by atomic mass is 10.3. The lowest BCUT2D eigenvalue weighted by Gasteiger charge is -2.01. The Morgan fingerprint density at radius 2 is 2.33 bits per heavy atom. The quantitative estimate of drug-likeness (QED) is 0.599. The predicted octanol–water partition coefficient (Wildman–Crippen LogP) is 1.40. The maximum atomic E-state index is 11.4. The zero-order valence-corrected chi connectivity index (χ0v) is 8.53. The van der Waals surface area contributed by atoms with Crippen LogP contribution in [0.5, 0.6) is 0 Å². The molecular weight excluding hydrogens is 194 g/mol. The molecule has 1 aromatic heterocycles. The van der Waals surface area contributed by atoms with Gasteiger partial charge in [-0.1, -0.05) is 6.92 Å². The molecule has 1 aromatic rings. The molecule has 0 radical (unpaired) electrons. The van der Waals surface area contributed by atoms with Crippen molar-refractivity contribution >= 4 is 11.8 Å². The van der Waals surface area contributed by atoms with Crippen molar-refractivity contribution in [3.63, 3.8) is 0 Å². The maximum Gasteiger partial charge on any atom is 0.309 e. The van der Waals surface area contributed by atoms with Crippen LogP contribution in [0.15, 0.2) is 18.3 Å². The molecule has 1 heterocycles. The van der Waals surface area contributed by atoms with Crippen LogP contribution >= 0.6 is 0 Å². The first-order valence-corrected chi connectivity index (χ1v) is 5.01. The molecule has 80 valence electrons. The summed E-state index contributed by atoms with van der Waals surface area (Å²) in [5, 5.41) is 0. The second-order valence-electron chi connectivity index (χ2n) is 3.93. The minimum Gasteiger partial charge on any atom is -0.457 e. The van der Waals surface area contributed by atoms with Gasteiger partial charge in [0.15, 0.2) is 6.61 Å². The van der Waals surface area contributed by atoms with Crippen molar-refractivity contribution in [3.8, 4) is 0 Å². The molecule has 2 unspecified atom stereocenters. The van der Waals surface area contributed by atoms with E-state index in [0.717, 1.165) is 6.42 Å². The number of aromatic nitrogens is 1. The van der Waals surface area contributed by atoms with E-state index in [1.807, 2.05) is 6.92 Å². The summed E-state index contributed by atoms with van der Waals surface area (Å²) >= 11 is 0. The Kier molecular flexibility index (Phi) is 2.58. The maximum absolute atomic E-state index is 11.4. The van der Waals surface area contributed by atoms with Gasteiger partial charge in [-0.3, -0.25) is 9.59 Å². The van der Waals surface area contributed by atoms with E-state index >= 15 is 0 Å². The van der Waals surface area contributed by atoms with Crippen molar-refractivity contribution in [2.45, 2.75) is 13.3 Å². The topological polar surface area (TPSA) is 59.2 Å². The van der Waals surface area contributed by atoms with Crippen LogP contribution < -0.4 is 0 Å². The summed E-state index contributed by atoms with van der Waals surface area (Å²) in [5.41, 5.74) is 0.478. The van der Waals surface area contributed by atoms with Gasteiger partial charge in [0.05, 0.1) is 11.6 Å². The number of nitrogens with one attached hydrogen (secondary N) is 1. The minimum absolute atomic E-state index is 0.0152. The summed E-state index contributed by atoms with van der Waals surface area (Å²) in [5.74, 6) is -0.0106. The third kappa shape index (κ3) is 2.26. The Balaban J connectivity index is 1.79. The Morgan fingerprint density at radius 1 is 1.60 bits per heavy atom. The Morgan fingerprint density at radius 3 is 2.87 bits per heavy atom. The fourth-order valence-electron chi connectivity index (χ4n) is 1.48. The number of H-pyrrole nitrogens is 1. The van der Waals surface area contributed by atoms with Crippen molar-refractivity contribution in [2.24, 2.45) is 11.8 Å². The molecule has 1 saturated carbocycles. The van der Waals surface area contributed by atoms with Crippen LogP contribution in [0.2, 0.25) is 0 Å². The number of hydrogen-bond acceptors (Lipinski definition) is 3. The van der Waals surface area contributed by atoms with Gasteiger partial charge >= 0.3 is 5.97 Å². The number of esters is 1. The van der Waals surface area contributed by atoms with Gasteiger partial charge in [-0.15, -0.1) is 0 Å². The van der Waals surface area contributed by atoms with E-state index < -0.39 is 0 Å². The standard InChI is InChI=1S/C11H13NO3/c1-7-5-8(7)11(14)15-6-10(13)9-3-2-4-12-9/h2-4,7-8,12H,5-6H2,1H3. The van der Waals surface area contributed by atoms with Crippen molar-refractivity contribution in [1.29, 1.82) is 0 Å². The Bertz CT molecular complexity index is 369. The van der Waals surface area contributed by atoms with E-state index in [2.05, 4.69) is 4.98 Å². The molecule has 1 aliphatic carbocycles. The highest BCUT2D eigenvalue weighted by Gasteiger charge is 2.40. The first kappa shape index (κ1) is 9.96. The van der Waals surface area contributed by atoms with Gasteiger partial charge in [0, 0.05) is 6.20 Å². The Hall–Kier alpha value is -1.58. The lowest BCUT2D eigenvalue weighted by molar-refractivity contribution is -0.144. The number of hydrogen-bond donors (Lipinski definition) is 1. The molecule has 2 rings (SSSR count). The molecule has 1 N–H and O–H groups in total. The fourth-order valence-corrected chi connectivity index (χ4v) is 1.48. The molecule has 4 heteroatoms. The molecule has 0 aliphatic heterocycles. The third-order valence-electron chi connectivity index (χ3n) is 2.66. The van der Waals surface area contributed by atoms with E-state index in [-0.39, 0.29) is 24.3 Å². The summed E-state index contributed by atoms with van der Waals surface area (Å²) in [6, 6.07) is 3.40. The molecule has 0 bridgehead atoms. The normalized spacial score (nSPS) is 23.5. The van der Waals surface area contributed by atoms with Gasteiger partial charge in [0.2, 0.25) is 5.78 Å². The summed E-state index contributed by atoms with van der Waals surface area (Å²) in [7, 11) is 0. The number of aromatic amines is 1. The molecule has 15 heavy (non-hydrogen) atoms. The highest BCUT2D eigenvalue weighted by atomic mass is 16.5. The van der Waals surface area contributed by atoms with E-state index in [1.54, 1.807) is 18.3 Å². The lowest BCUT2D eigenvalue weighted by Crippen LogP contribution is -2.15. The summed E-state index contributed by atoms with van der Waals surface area (Å²) in [6.07, 6.45) is 2.55. The van der Waals surface area contributed by atoms with E-state index in [1.165, 1.54) is 0 Å². The van der Waals surface area contributed by atoms with Gasteiger partial charge in [0.1, 0.15) is 0 Å². The number of ether oxygens (including phenoxy) is 1. The van der Waals surface area contributed by atoms with Crippen LogP contribution in [-0.4, -0.2) is 23.3 Å². The van der Waals surface area contributed by atoms with Crippen molar-refractivity contribution in [1.82, 2.24) is 4.98 Å². The number of carbonyl (C=O) groups is 2. The highest BCUT2D eigenvalue weighted by molar-refractivity contribution is 5.96. The van der Waals surface area contributed by atoms with E-state index in [0.29, 0.717) is 11.6 Å². The Labute approximate surface area is 87.6 Å². The molecule has 1 aliphatic rings. The van der Waals surface area contributed by atoms with Crippen LogP contribution in [0.3, 0.4) is 0 Å². The average molecular weight is 207 g/mol. The third-order valence-corrected chi connectivity index (χ3v) is 2.66.